The van der Waals surface area contributed by atoms with Gasteiger partial charge >= 0.3 is 0 Å². The lowest BCUT2D eigenvalue weighted by Crippen LogP contribution is -2.28. The van der Waals surface area contributed by atoms with Crippen LogP contribution in [0.4, 0.5) is 0 Å². The van der Waals surface area contributed by atoms with Crippen LogP contribution >= 0.6 is 0 Å². The zero-order chi connectivity index (χ0) is 8.39. The molecule has 1 aliphatic heterocycles. The van der Waals surface area contributed by atoms with Crippen molar-refractivity contribution in [1.29, 1.82) is 0 Å². The fraction of sp³-hybridized carbons (Fsp3) is 0.778. The Labute approximate surface area is 72.2 Å². The highest BCUT2D eigenvalue weighted by Crippen LogP contribution is 2.28. The maximum atomic E-state index is 10.8. The largest absolute Gasteiger partial charge is 0.273 e. The minimum Gasteiger partial charge on any atom is -0.273 e. The third-order valence-electron chi connectivity index (χ3n) is 2.76. The van der Waals surface area contributed by atoms with Crippen molar-refractivity contribution >= 4 is 11.6 Å². The molecule has 0 spiro atoms. The first-order chi connectivity index (χ1) is 5.86. The molecule has 0 aromatic rings. The summed E-state index contributed by atoms with van der Waals surface area (Å²) < 4.78 is 0. The SMILES string of the molecule is O=C1CCC(C2CCCC2)=NN1. The predicted molar refractivity (Wildman–Crippen MR) is 46.8 cm³/mol. The Kier molecular flexibility index (Phi) is 2.11. The van der Waals surface area contributed by atoms with Crippen LogP contribution in [0.3, 0.4) is 0 Å². The lowest BCUT2D eigenvalue weighted by atomic mass is 9.97. The maximum Gasteiger partial charge on any atom is 0.240 e. The highest BCUT2D eigenvalue weighted by Gasteiger charge is 2.23. The number of hydrazone groups is 1. The van der Waals surface area contributed by atoms with Gasteiger partial charge in [-0.2, -0.15) is 5.10 Å². The molecule has 0 bridgehead atoms. The van der Waals surface area contributed by atoms with E-state index in [2.05, 4.69) is 10.5 Å². The summed E-state index contributed by atoms with van der Waals surface area (Å²) >= 11 is 0. The molecule has 12 heavy (non-hydrogen) atoms. The average molecular weight is 166 g/mol. The van der Waals surface area contributed by atoms with Gasteiger partial charge in [-0.05, 0) is 25.2 Å². The Balaban J connectivity index is 1.99. The third-order valence-corrected chi connectivity index (χ3v) is 2.76. The summed E-state index contributed by atoms with van der Waals surface area (Å²) in [6.07, 6.45) is 6.73. The van der Waals surface area contributed by atoms with Gasteiger partial charge < -0.3 is 0 Å². The van der Waals surface area contributed by atoms with E-state index in [9.17, 15) is 4.79 Å². The molecule has 2 rings (SSSR count). The number of hydrogen-bond acceptors (Lipinski definition) is 2. The Morgan fingerprint density at radius 2 is 2.00 bits per heavy atom. The van der Waals surface area contributed by atoms with Gasteiger partial charge in [0.15, 0.2) is 0 Å². The second-order valence-corrected chi connectivity index (χ2v) is 3.62. The van der Waals surface area contributed by atoms with Gasteiger partial charge in [0.05, 0.1) is 0 Å². The van der Waals surface area contributed by atoms with Crippen LogP contribution in [0, 0.1) is 5.92 Å². The fourth-order valence-electron chi connectivity index (χ4n) is 2.04. The normalized spacial score (nSPS) is 25.3. The van der Waals surface area contributed by atoms with Crippen LogP contribution < -0.4 is 5.43 Å². The summed E-state index contributed by atoms with van der Waals surface area (Å²) in [6.45, 7) is 0. The van der Waals surface area contributed by atoms with Crippen molar-refractivity contribution < 1.29 is 4.79 Å². The van der Waals surface area contributed by atoms with Crippen molar-refractivity contribution in [2.45, 2.75) is 38.5 Å². The van der Waals surface area contributed by atoms with Crippen molar-refractivity contribution in [3.63, 3.8) is 0 Å². The standard InChI is InChI=1S/C9H14N2O/c12-9-6-5-8(10-11-9)7-3-1-2-4-7/h7H,1-6H2,(H,11,12). The molecule has 1 aliphatic carbocycles. The molecule has 66 valence electrons. The Morgan fingerprint density at radius 1 is 1.25 bits per heavy atom. The van der Waals surface area contributed by atoms with E-state index in [0.29, 0.717) is 12.3 Å². The highest BCUT2D eigenvalue weighted by atomic mass is 16.2. The number of hydrogen-bond donors (Lipinski definition) is 1. The minimum absolute atomic E-state index is 0.0664. The monoisotopic (exact) mass is 166 g/mol. The highest BCUT2D eigenvalue weighted by molar-refractivity contribution is 5.94. The molecule has 3 nitrogen and oxygen atoms in total. The van der Waals surface area contributed by atoms with Crippen molar-refractivity contribution in [2.75, 3.05) is 0 Å². The third kappa shape index (κ3) is 1.49. The summed E-state index contributed by atoms with van der Waals surface area (Å²) in [5, 5.41) is 4.11. The summed E-state index contributed by atoms with van der Waals surface area (Å²) in [4.78, 5) is 10.8. The van der Waals surface area contributed by atoms with Crippen molar-refractivity contribution in [1.82, 2.24) is 5.43 Å². The van der Waals surface area contributed by atoms with Crippen LogP contribution in [0.5, 0.6) is 0 Å². The molecule has 0 radical (unpaired) electrons. The topological polar surface area (TPSA) is 41.5 Å². The van der Waals surface area contributed by atoms with Gasteiger partial charge in [0.25, 0.3) is 0 Å². The average Bonchev–Trinajstić information content (AvgIpc) is 2.58. The Morgan fingerprint density at radius 3 is 2.58 bits per heavy atom. The summed E-state index contributed by atoms with van der Waals surface area (Å²) in [5.41, 5.74) is 3.79. The smallest absolute Gasteiger partial charge is 0.240 e. The number of amides is 1. The van der Waals surface area contributed by atoms with Crippen LogP contribution in [0.15, 0.2) is 5.10 Å². The fourth-order valence-corrected chi connectivity index (χ4v) is 2.04. The summed E-state index contributed by atoms with van der Waals surface area (Å²) in [5.74, 6) is 0.738. The van der Waals surface area contributed by atoms with E-state index in [-0.39, 0.29) is 5.91 Å². The summed E-state index contributed by atoms with van der Waals surface area (Å²) in [6, 6.07) is 0. The van der Waals surface area contributed by atoms with Gasteiger partial charge in [0.2, 0.25) is 5.91 Å². The first-order valence-electron chi connectivity index (χ1n) is 4.71. The molecule has 0 aromatic heterocycles. The summed E-state index contributed by atoms with van der Waals surface area (Å²) in [7, 11) is 0. The lowest BCUT2D eigenvalue weighted by Gasteiger charge is -2.16. The first kappa shape index (κ1) is 7.77. The number of rotatable bonds is 1. The molecular weight excluding hydrogens is 152 g/mol. The molecular formula is C9H14N2O. The van der Waals surface area contributed by atoms with Crippen molar-refractivity contribution in [2.24, 2.45) is 11.0 Å². The molecule has 0 saturated heterocycles. The number of carbonyl (C=O) groups is 1. The molecule has 0 aromatic carbocycles. The Hall–Kier alpha value is -0.860. The quantitative estimate of drug-likeness (QED) is 0.629. The number of carbonyl (C=O) groups excluding carboxylic acids is 1. The second-order valence-electron chi connectivity index (χ2n) is 3.62. The van der Waals surface area contributed by atoms with Gasteiger partial charge in [-0.1, -0.05) is 12.8 Å². The van der Waals surface area contributed by atoms with Gasteiger partial charge in [-0.25, -0.2) is 5.43 Å². The zero-order valence-corrected chi connectivity index (χ0v) is 7.18. The van der Waals surface area contributed by atoms with Crippen LogP contribution in [0.25, 0.3) is 0 Å². The van der Waals surface area contributed by atoms with E-state index in [4.69, 9.17) is 0 Å². The lowest BCUT2D eigenvalue weighted by molar-refractivity contribution is -0.121. The van der Waals surface area contributed by atoms with E-state index in [1.807, 2.05) is 0 Å². The van der Waals surface area contributed by atoms with Gasteiger partial charge in [-0.15, -0.1) is 0 Å². The zero-order valence-electron chi connectivity index (χ0n) is 7.18. The van der Waals surface area contributed by atoms with E-state index in [0.717, 1.165) is 6.42 Å². The molecule has 0 unspecified atom stereocenters. The molecule has 1 amide bonds. The second kappa shape index (κ2) is 3.25. The molecule has 1 N–H and O–H groups in total. The van der Waals surface area contributed by atoms with Gasteiger partial charge in [0, 0.05) is 12.1 Å². The first-order valence-corrected chi connectivity index (χ1v) is 4.71. The molecule has 2 aliphatic rings. The van der Waals surface area contributed by atoms with E-state index in [1.165, 1.54) is 31.4 Å². The van der Waals surface area contributed by atoms with Crippen LogP contribution in [0.1, 0.15) is 38.5 Å². The van der Waals surface area contributed by atoms with Gasteiger partial charge in [0.1, 0.15) is 0 Å². The Bertz CT molecular complexity index is 217. The molecule has 1 heterocycles. The minimum atomic E-state index is 0.0664. The molecule has 3 heteroatoms. The molecule has 1 fully saturated rings. The van der Waals surface area contributed by atoms with E-state index in [1.54, 1.807) is 0 Å². The number of nitrogens with zero attached hydrogens (tertiary/aromatic N) is 1. The van der Waals surface area contributed by atoms with Crippen molar-refractivity contribution in [3.05, 3.63) is 0 Å². The maximum absolute atomic E-state index is 10.8. The van der Waals surface area contributed by atoms with Gasteiger partial charge in [-0.3, -0.25) is 4.79 Å². The number of nitrogens with one attached hydrogen (secondary N) is 1. The van der Waals surface area contributed by atoms with Crippen LogP contribution in [-0.4, -0.2) is 11.6 Å². The predicted octanol–water partition coefficient (Wildman–Crippen LogP) is 1.44. The molecule has 0 atom stereocenters. The van der Waals surface area contributed by atoms with Crippen molar-refractivity contribution in [3.8, 4) is 0 Å². The van der Waals surface area contributed by atoms with Crippen LogP contribution in [0.2, 0.25) is 0 Å². The van der Waals surface area contributed by atoms with E-state index < -0.39 is 0 Å². The van der Waals surface area contributed by atoms with Crippen LogP contribution in [-0.2, 0) is 4.79 Å². The molecule has 1 saturated carbocycles. The van der Waals surface area contributed by atoms with E-state index >= 15 is 0 Å².